The summed E-state index contributed by atoms with van der Waals surface area (Å²) in [6.07, 6.45) is 2.69. The van der Waals surface area contributed by atoms with Crippen molar-refractivity contribution >= 4 is 50.4 Å². The van der Waals surface area contributed by atoms with Crippen LogP contribution in [0, 0.1) is 0 Å². The molecule has 0 bridgehead atoms. The zero-order chi connectivity index (χ0) is 27.3. The van der Waals surface area contributed by atoms with E-state index < -0.39 is 5.85 Å². The zero-order valence-electron chi connectivity index (χ0n) is 21.5. The number of para-hydroxylation sites is 1. The minimum absolute atomic E-state index is 0.131. The molecule has 1 spiro atoms. The second-order valence-electron chi connectivity index (χ2n) is 9.69. The molecule has 0 saturated carbocycles. The van der Waals surface area contributed by atoms with Crippen molar-refractivity contribution in [3.05, 3.63) is 129 Å². The third kappa shape index (κ3) is 4.01. The highest BCUT2D eigenvalue weighted by Crippen LogP contribution is 2.57. The van der Waals surface area contributed by atoms with Crippen LogP contribution in [0.25, 0.3) is 6.08 Å². The fraction of sp³-hybridized carbons (Fsp3) is 0.125. The van der Waals surface area contributed by atoms with Gasteiger partial charge in [-0.2, -0.15) is 5.10 Å². The van der Waals surface area contributed by atoms with Gasteiger partial charge in [0.25, 0.3) is 5.24 Å². The van der Waals surface area contributed by atoms with E-state index in [-0.39, 0.29) is 11.3 Å². The molecule has 8 heteroatoms. The van der Waals surface area contributed by atoms with Gasteiger partial charge in [0.1, 0.15) is 11.5 Å². The van der Waals surface area contributed by atoms with Crippen LogP contribution in [0.3, 0.4) is 0 Å². The van der Waals surface area contributed by atoms with Crippen molar-refractivity contribution < 1.29 is 14.3 Å². The number of hydrazone groups is 1. The topological polar surface area (TPSA) is 54.4 Å². The lowest BCUT2D eigenvalue weighted by Gasteiger charge is -2.49. The van der Waals surface area contributed by atoms with E-state index in [1.54, 1.807) is 12.0 Å². The van der Waals surface area contributed by atoms with E-state index in [2.05, 4.69) is 34.1 Å². The normalized spacial score (nSPS) is 22.2. The fourth-order valence-electron chi connectivity index (χ4n) is 5.49. The number of methoxy groups -OCH3 is 1. The molecule has 6 nitrogen and oxygen atoms in total. The quantitative estimate of drug-likeness (QED) is 0.234. The van der Waals surface area contributed by atoms with Crippen LogP contribution in [0.1, 0.15) is 29.2 Å². The minimum Gasteiger partial charge on any atom is -0.497 e. The Balaban J connectivity index is 1.47. The van der Waals surface area contributed by atoms with Crippen molar-refractivity contribution in [3.63, 3.8) is 0 Å². The van der Waals surface area contributed by atoms with E-state index in [1.807, 2.05) is 96.0 Å². The summed E-state index contributed by atoms with van der Waals surface area (Å²) in [5.74, 6) is 0.180. The predicted octanol–water partition coefficient (Wildman–Crippen LogP) is 8.07. The van der Waals surface area contributed by atoms with Gasteiger partial charge in [0, 0.05) is 16.5 Å². The molecule has 0 N–H and O–H groups in total. The second-order valence-corrected chi connectivity index (χ2v) is 11.6. The van der Waals surface area contributed by atoms with Crippen LogP contribution >= 0.6 is 27.7 Å². The Bertz CT molecular complexity index is 1660. The van der Waals surface area contributed by atoms with E-state index in [9.17, 15) is 4.79 Å². The Morgan fingerprint density at radius 3 is 2.45 bits per heavy atom. The van der Waals surface area contributed by atoms with Gasteiger partial charge < -0.3 is 9.47 Å². The standard InChI is InChI=1S/C32H24BrN3O3S/c1-38-25-15-12-21(13-16-25)18-30-32(35(31(37)40-30)24-10-6-3-7-11-24)36-28(26-19-23(33)14-17-29(26)39-32)20-27(34-36)22-8-4-2-5-9-22/h2-19,28H,20H2,1H3/b30-18-. The average molecular weight is 611 g/mol. The van der Waals surface area contributed by atoms with Crippen molar-refractivity contribution in [2.75, 3.05) is 12.0 Å². The number of hydrogen-bond acceptors (Lipinski definition) is 6. The SMILES string of the molecule is COc1ccc(/C=C2\SC(=O)N(c3ccccc3)C23Oc2ccc(Br)cc2C2CC(c4ccccc4)=NN23)cc1. The molecule has 4 aromatic carbocycles. The Labute approximate surface area is 245 Å². The van der Waals surface area contributed by atoms with Crippen LogP contribution in [0.15, 0.2) is 118 Å². The molecular formula is C32H24BrN3O3S. The Morgan fingerprint density at radius 2 is 1.73 bits per heavy atom. The monoisotopic (exact) mass is 609 g/mol. The average Bonchev–Trinajstić information content (AvgIpc) is 3.55. The predicted molar refractivity (Wildman–Crippen MR) is 163 cm³/mol. The number of rotatable bonds is 4. The maximum absolute atomic E-state index is 13.9. The largest absolute Gasteiger partial charge is 0.497 e. The summed E-state index contributed by atoms with van der Waals surface area (Å²) in [5, 5.41) is 7.07. The van der Waals surface area contributed by atoms with Gasteiger partial charge >= 0.3 is 5.85 Å². The van der Waals surface area contributed by atoms with Gasteiger partial charge in [0.2, 0.25) is 0 Å². The van der Waals surface area contributed by atoms with E-state index in [1.165, 1.54) is 11.8 Å². The first-order valence-corrected chi connectivity index (χ1v) is 14.5. The molecule has 4 aromatic rings. The fourth-order valence-corrected chi connectivity index (χ4v) is 6.94. The molecule has 3 aliphatic heterocycles. The molecule has 0 radical (unpaired) electrons. The van der Waals surface area contributed by atoms with Crippen LogP contribution in [0.2, 0.25) is 0 Å². The molecule has 2 atom stereocenters. The van der Waals surface area contributed by atoms with Crippen molar-refractivity contribution in [3.8, 4) is 11.5 Å². The highest BCUT2D eigenvalue weighted by molar-refractivity contribution is 9.10. The lowest BCUT2D eigenvalue weighted by atomic mass is 9.95. The second kappa shape index (κ2) is 9.87. The number of fused-ring (bicyclic) bond motifs is 4. The molecule has 0 aromatic heterocycles. The molecule has 198 valence electrons. The van der Waals surface area contributed by atoms with Gasteiger partial charge in [-0.25, -0.2) is 9.91 Å². The van der Waals surface area contributed by atoms with Crippen molar-refractivity contribution in [1.82, 2.24) is 5.01 Å². The Kier molecular flexibility index (Phi) is 6.17. The maximum atomic E-state index is 13.9. The van der Waals surface area contributed by atoms with E-state index in [0.29, 0.717) is 6.42 Å². The number of carbonyl (C=O) groups excluding carboxylic acids is 1. The number of amides is 1. The van der Waals surface area contributed by atoms with Gasteiger partial charge in [-0.1, -0.05) is 76.6 Å². The van der Waals surface area contributed by atoms with Crippen LogP contribution in [-0.2, 0) is 0 Å². The summed E-state index contributed by atoms with van der Waals surface area (Å²) in [5.41, 5.74) is 4.69. The highest BCUT2D eigenvalue weighted by atomic mass is 79.9. The number of hydrogen-bond donors (Lipinski definition) is 0. The summed E-state index contributed by atoms with van der Waals surface area (Å²) in [6, 6.07) is 33.5. The van der Waals surface area contributed by atoms with Crippen LogP contribution in [-0.4, -0.2) is 28.9 Å². The molecular weight excluding hydrogens is 586 g/mol. The number of benzene rings is 4. The number of thioether (sulfide) groups is 1. The number of ether oxygens (including phenoxy) is 2. The Hall–Kier alpha value is -4.01. The summed E-state index contributed by atoms with van der Waals surface area (Å²) in [7, 11) is 1.65. The first-order chi connectivity index (χ1) is 19.6. The maximum Gasteiger partial charge on any atom is 0.321 e. The lowest BCUT2D eigenvalue weighted by Crippen LogP contribution is -2.63. The zero-order valence-corrected chi connectivity index (χ0v) is 23.9. The van der Waals surface area contributed by atoms with Crippen molar-refractivity contribution in [1.29, 1.82) is 0 Å². The number of anilines is 1. The number of nitrogens with zero attached hydrogens (tertiary/aromatic N) is 3. The number of carbonyl (C=O) groups is 1. The highest BCUT2D eigenvalue weighted by Gasteiger charge is 2.63. The molecule has 3 heterocycles. The summed E-state index contributed by atoms with van der Waals surface area (Å²) in [4.78, 5) is 16.4. The van der Waals surface area contributed by atoms with Gasteiger partial charge in [-0.3, -0.25) is 4.79 Å². The molecule has 3 aliphatic rings. The Morgan fingerprint density at radius 1 is 1.00 bits per heavy atom. The smallest absolute Gasteiger partial charge is 0.321 e. The molecule has 40 heavy (non-hydrogen) atoms. The van der Waals surface area contributed by atoms with Crippen LogP contribution in [0.5, 0.6) is 11.5 Å². The molecule has 1 saturated heterocycles. The van der Waals surface area contributed by atoms with Gasteiger partial charge in [0.05, 0.1) is 29.5 Å². The third-order valence-electron chi connectivity index (χ3n) is 7.34. The first-order valence-electron chi connectivity index (χ1n) is 12.9. The van der Waals surface area contributed by atoms with Gasteiger partial charge in [-0.05, 0) is 71.4 Å². The molecule has 0 aliphatic carbocycles. The van der Waals surface area contributed by atoms with E-state index in [4.69, 9.17) is 14.6 Å². The van der Waals surface area contributed by atoms with Crippen LogP contribution < -0.4 is 14.4 Å². The lowest BCUT2D eigenvalue weighted by molar-refractivity contribution is -0.0763. The summed E-state index contributed by atoms with van der Waals surface area (Å²) in [6.45, 7) is 0. The van der Waals surface area contributed by atoms with Gasteiger partial charge in [-0.15, -0.1) is 0 Å². The van der Waals surface area contributed by atoms with Crippen molar-refractivity contribution in [2.24, 2.45) is 5.10 Å². The molecule has 1 fully saturated rings. The first kappa shape index (κ1) is 25.0. The molecule has 2 unspecified atom stereocenters. The summed E-state index contributed by atoms with van der Waals surface area (Å²) < 4.78 is 13.3. The minimum atomic E-state index is -1.31. The molecule has 7 rings (SSSR count). The van der Waals surface area contributed by atoms with E-state index >= 15 is 0 Å². The van der Waals surface area contributed by atoms with Gasteiger partial charge in [0.15, 0.2) is 0 Å². The summed E-state index contributed by atoms with van der Waals surface area (Å²) >= 11 is 4.82. The third-order valence-corrected chi connectivity index (χ3v) is 8.80. The van der Waals surface area contributed by atoms with Crippen molar-refractivity contribution in [2.45, 2.75) is 18.3 Å². The van der Waals surface area contributed by atoms with E-state index in [0.717, 1.165) is 49.0 Å². The molecule has 1 amide bonds. The number of halogens is 1. The van der Waals surface area contributed by atoms with Crippen LogP contribution in [0.4, 0.5) is 10.5 Å².